The van der Waals surface area contributed by atoms with E-state index < -0.39 is 12.2 Å². The van der Waals surface area contributed by atoms with Crippen LogP contribution in [0.25, 0.3) is 0 Å². The maximum atomic E-state index is 11.6. The zero-order valence-corrected chi connectivity index (χ0v) is 14.2. The van der Waals surface area contributed by atoms with Crippen LogP contribution in [0.5, 0.6) is 0 Å². The predicted octanol–water partition coefficient (Wildman–Crippen LogP) is 3.98. The van der Waals surface area contributed by atoms with Crippen molar-refractivity contribution in [2.45, 2.75) is 4.90 Å². The van der Waals surface area contributed by atoms with Crippen LogP contribution in [-0.4, -0.2) is 43.4 Å². The molecular formula is C13H16Cl2N2O4S. The van der Waals surface area contributed by atoms with Crippen LogP contribution in [0, 0.1) is 0 Å². The van der Waals surface area contributed by atoms with E-state index in [9.17, 15) is 9.59 Å². The Morgan fingerprint density at radius 1 is 1.09 bits per heavy atom. The van der Waals surface area contributed by atoms with Crippen molar-refractivity contribution < 1.29 is 19.1 Å². The lowest BCUT2D eigenvalue weighted by molar-refractivity contribution is 0.168. The van der Waals surface area contributed by atoms with Crippen molar-refractivity contribution in [1.29, 1.82) is 0 Å². The Morgan fingerprint density at radius 2 is 1.68 bits per heavy atom. The number of carbonyl (C=O) groups is 2. The molecule has 6 nitrogen and oxygen atoms in total. The lowest BCUT2D eigenvalue weighted by atomic mass is 10.3. The van der Waals surface area contributed by atoms with Crippen LogP contribution >= 0.6 is 35.0 Å². The average molecular weight is 367 g/mol. The first-order chi connectivity index (χ1) is 10.6. The third-order valence-electron chi connectivity index (χ3n) is 2.30. The fourth-order valence-corrected chi connectivity index (χ4v) is 2.13. The monoisotopic (exact) mass is 366 g/mol. The molecule has 0 fully saturated rings. The number of nitrogens with one attached hydrogen (secondary N) is 2. The van der Waals surface area contributed by atoms with Gasteiger partial charge in [-0.15, -0.1) is 35.0 Å². The molecule has 2 amide bonds. The van der Waals surface area contributed by atoms with Crippen LogP contribution in [0.15, 0.2) is 23.1 Å². The van der Waals surface area contributed by atoms with E-state index in [-0.39, 0.29) is 25.0 Å². The second-order valence-corrected chi connectivity index (χ2v) is 5.42. The van der Waals surface area contributed by atoms with E-state index in [1.54, 1.807) is 18.2 Å². The summed E-state index contributed by atoms with van der Waals surface area (Å²) in [7, 11) is 0. The molecule has 0 saturated heterocycles. The summed E-state index contributed by atoms with van der Waals surface area (Å²) < 4.78 is 9.66. The molecular weight excluding hydrogens is 351 g/mol. The molecule has 1 rings (SSSR count). The van der Waals surface area contributed by atoms with Crippen molar-refractivity contribution >= 4 is 58.5 Å². The zero-order valence-electron chi connectivity index (χ0n) is 11.9. The zero-order chi connectivity index (χ0) is 16.4. The van der Waals surface area contributed by atoms with Crippen molar-refractivity contribution in [1.82, 2.24) is 0 Å². The largest absolute Gasteiger partial charge is 0.448 e. The minimum atomic E-state index is -0.617. The van der Waals surface area contributed by atoms with Gasteiger partial charge < -0.3 is 9.47 Å². The van der Waals surface area contributed by atoms with E-state index in [0.717, 1.165) is 4.90 Å². The summed E-state index contributed by atoms with van der Waals surface area (Å²) in [6, 6.07) is 5.07. The molecule has 0 aromatic heterocycles. The summed E-state index contributed by atoms with van der Waals surface area (Å²) in [6.07, 6.45) is 0.637. The number of thioether (sulfide) groups is 1. The summed E-state index contributed by atoms with van der Waals surface area (Å²) in [5.74, 6) is 0.439. The van der Waals surface area contributed by atoms with Crippen LogP contribution in [-0.2, 0) is 9.47 Å². The van der Waals surface area contributed by atoms with Gasteiger partial charge in [-0.3, -0.25) is 10.6 Å². The molecule has 0 aliphatic rings. The number of anilines is 2. The fourth-order valence-electron chi connectivity index (χ4n) is 1.45. The first-order valence-electron chi connectivity index (χ1n) is 6.28. The molecule has 122 valence electrons. The van der Waals surface area contributed by atoms with Gasteiger partial charge in [-0.05, 0) is 24.5 Å². The molecule has 0 saturated carbocycles. The minimum absolute atomic E-state index is 0.116. The molecule has 1 aromatic carbocycles. The highest BCUT2D eigenvalue weighted by Gasteiger charge is 2.10. The lowest BCUT2D eigenvalue weighted by Crippen LogP contribution is -2.17. The second-order valence-electron chi connectivity index (χ2n) is 3.81. The van der Waals surface area contributed by atoms with Gasteiger partial charge in [0.15, 0.2) is 0 Å². The highest BCUT2D eigenvalue weighted by molar-refractivity contribution is 7.98. The predicted molar refractivity (Wildman–Crippen MR) is 89.6 cm³/mol. The molecule has 1 aromatic rings. The van der Waals surface area contributed by atoms with Gasteiger partial charge in [-0.25, -0.2) is 9.59 Å². The molecule has 0 aliphatic carbocycles. The lowest BCUT2D eigenvalue weighted by Gasteiger charge is -2.12. The van der Waals surface area contributed by atoms with Gasteiger partial charge in [0.25, 0.3) is 0 Å². The van der Waals surface area contributed by atoms with Crippen LogP contribution in [0.4, 0.5) is 21.0 Å². The van der Waals surface area contributed by atoms with E-state index in [1.807, 2.05) is 6.26 Å². The maximum absolute atomic E-state index is 11.6. The SMILES string of the molecule is CSc1ccc(NC(=O)OCCCl)cc1NC(=O)OCCCl. The summed E-state index contributed by atoms with van der Waals surface area (Å²) >= 11 is 12.3. The van der Waals surface area contributed by atoms with Gasteiger partial charge >= 0.3 is 12.2 Å². The molecule has 0 unspecified atom stereocenters. The van der Waals surface area contributed by atoms with Gasteiger partial charge in [0.05, 0.1) is 17.4 Å². The molecule has 9 heteroatoms. The van der Waals surface area contributed by atoms with Crippen molar-refractivity contribution in [3.05, 3.63) is 18.2 Å². The van der Waals surface area contributed by atoms with Crippen LogP contribution in [0.1, 0.15) is 0 Å². The van der Waals surface area contributed by atoms with E-state index in [4.69, 9.17) is 32.7 Å². The quantitative estimate of drug-likeness (QED) is 0.563. The summed E-state index contributed by atoms with van der Waals surface area (Å²) in [5, 5.41) is 5.14. The number of ether oxygens (including phenoxy) is 2. The number of carbonyl (C=O) groups excluding carboxylic acids is 2. The highest BCUT2D eigenvalue weighted by atomic mass is 35.5. The standard InChI is InChI=1S/C13H16Cl2N2O4S/c1-22-11-3-2-9(16-12(18)20-6-4-14)8-10(11)17-13(19)21-7-5-15/h2-3,8H,4-7H2,1H3,(H,16,18)(H,17,19). The Bertz CT molecular complexity index is 517. The highest BCUT2D eigenvalue weighted by Crippen LogP contribution is 2.28. The smallest absolute Gasteiger partial charge is 0.411 e. The van der Waals surface area contributed by atoms with Crippen molar-refractivity contribution in [2.75, 3.05) is 41.9 Å². The number of rotatable bonds is 7. The summed E-state index contributed by atoms with van der Waals surface area (Å²) in [5.41, 5.74) is 0.993. The van der Waals surface area contributed by atoms with Gasteiger partial charge in [0.2, 0.25) is 0 Å². The van der Waals surface area contributed by atoms with Crippen molar-refractivity contribution in [3.8, 4) is 0 Å². The maximum Gasteiger partial charge on any atom is 0.411 e. The van der Waals surface area contributed by atoms with E-state index >= 15 is 0 Å². The van der Waals surface area contributed by atoms with Gasteiger partial charge in [0.1, 0.15) is 13.2 Å². The van der Waals surface area contributed by atoms with Crippen LogP contribution < -0.4 is 10.6 Å². The molecule has 0 radical (unpaired) electrons. The van der Waals surface area contributed by atoms with Gasteiger partial charge in [-0.2, -0.15) is 0 Å². The number of halogens is 2. The first kappa shape index (κ1) is 18.7. The molecule has 0 spiro atoms. The first-order valence-corrected chi connectivity index (χ1v) is 8.57. The molecule has 22 heavy (non-hydrogen) atoms. The summed E-state index contributed by atoms with van der Waals surface area (Å²) in [6.45, 7) is 0.233. The molecule has 0 atom stereocenters. The van der Waals surface area contributed by atoms with Crippen LogP contribution in [0.3, 0.4) is 0 Å². The minimum Gasteiger partial charge on any atom is -0.448 e. The number of alkyl halides is 2. The normalized spacial score (nSPS) is 9.95. The van der Waals surface area contributed by atoms with Crippen molar-refractivity contribution in [2.24, 2.45) is 0 Å². The molecule has 0 bridgehead atoms. The Balaban J connectivity index is 2.75. The second kappa shape index (κ2) is 10.4. The Hall–Kier alpha value is -1.31. The Labute approximate surface area is 142 Å². The molecule has 0 heterocycles. The number of hydrogen-bond donors (Lipinski definition) is 2. The fraction of sp³-hybridized carbons (Fsp3) is 0.385. The van der Waals surface area contributed by atoms with E-state index in [1.165, 1.54) is 11.8 Å². The molecule has 0 aliphatic heterocycles. The Kier molecular flexibility index (Phi) is 8.88. The average Bonchev–Trinajstić information content (AvgIpc) is 2.51. The summed E-state index contributed by atoms with van der Waals surface area (Å²) in [4.78, 5) is 23.9. The number of amides is 2. The molecule has 2 N–H and O–H groups in total. The topological polar surface area (TPSA) is 76.7 Å². The number of benzene rings is 1. The van der Waals surface area contributed by atoms with Gasteiger partial charge in [0, 0.05) is 10.6 Å². The Morgan fingerprint density at radius 3 is 2.23 bits per heavy atom. The number of hydrogen-bond acceptors (Lipinski definition) is 5. The van der Waals surface area contributed by atoms with Crippen LogP contribution in [0.2, 0.25) is 0 Å². The van der Waals surface area contributed by atoms with Crippen molar-refractivity contribution in [3.63, 3.8) is 0 Å². The third-order valence-corrected chi connectivity index (χ3v) is 3.41. The van der Waals surface area contributed by atoms with E-state index in [2.05, 4.69) is 10.6 Å². The van der Waals surface area contributed by atoms with Gasteiger partial charge in [-0.1, -0.05) is 0 Å². The van der Waals surface area contributed by atoms with E-state index in [0.29, 0.717) is 11.4 Å². The third kappa shape index (κ3) is 6.64.